The molecule has 0 radical (unpaired) electrons. The first-order chi connectivity index (χ1) is 18.9. The number of aliphatic hydroxyl groups is 1. The summed E-state index contributed by atoms with van der Waals surface area (Å²) in [4.78, 5) is 27.4. The Kier molecular flexibility index (Phi) is 9.52. The number of amides is 2. The van der Waals surface area contributed by atoms with Gasteiger partial charge in [-0.3, -0.25) is 9.59 Å². The zero-order chi connectivity index (χ0) is 27.8. The number of hydrogen-bond donors (Lipinski definition) is 2. The molecule has 0 saturated heterocycles. The van der Waals surface area contributed by atoms with Crippen molar-refractivity contribution in [3.63, 3.8) is 0 Å². The molecule has 4 rings (SSSR count). The summed E-state index contributed by atoms with van der Waals surface area (Å²) in [5.41, 5.74) is 4.53. The first-order valence-electron chi connectivity index (χ1n) is 13.2. The lowest BCUT2D eigenvalue weighted by atomic mass is 9.93. The Hall–Kier alpha value is -3.94. The van der Waals surface area contributed by atoms with E-state index in [1.165, 1.54) is 5.56 Å². The molecule has 3 atom stereocenters. The minimum Gasteiger partial charge on any atom is -0.497 e. The fraction of sp³-hybridized carbons (Fsp3) is 0.312. The van der Waals surface area contributed by atoms with E-state index in [0.29, 0.717) is 30.0 Å². The van der Waals surface area contributed by atoms with Gasteiger partial charge in [-0.15, -0.1) is 0 Å². The van der Waals surface area contributed by atoms with Crippen LogP contribution >= 0.6 is 0 Å². The van der Waals surface area contributed by atoms with Gasteiger partial charge in [0.2, 0.25) is 5.91 Å². The van der Waals surface area contributed by atoms with E-state index < -0.39 is 0 Å². The van der Waals surface area contributed by atoms with E-state index in [-0.39, 0.29) is 42.9 Å². The van der Waals surface area contributed by atoms with Crippen LogP contribution in [0.3, 0.4) is 0 Å². The lowest BCUT2D eigenvalue weighted by Crippen LogP contribution is -2.46. The van der Waals surface area contributed by atoms with Crippen LogP contribution in [0.2, 0.25) is 0 Å². The second kappa shape index (κ2) is 13.2. The first-order valence-corrected chi connectivity index (χ1v) is 13.2. The molecule has 7 heteroatoms. The average molecular weight is 529 g/mol. The van der Waals surface area contributed by atoms with Crippen LogP contribution in [0, 0.1) is 5.92 Å². The summed E-state index contributed by atoms with van der Waals surface area (Å²) in [6.07, 6.45) is 4.60. The molecule has 0 unspecified atom stereocenters. The molecule has 0 saturated carbocycles. The minimum absolute atomic E-state index is 0.00192. The lowest BCUT2D eigenvalue weighted by molar-refractivity contribution is -0.134. The molecule has 204 valence electrons. The topological polar surface area (TPSA) is 88.1 Å². The van der Waals surface area contributed by atoms with Crippen LogP contribution in [0.25, 0.3) is 0 Å². The molecule has 3 aromatic carbocycles. The van der Waals surface area contributed by atoms with Gasteiger partial charge in [-0.05, 0) is 59.5 Å². The Labute approximate surface area is 230 Å². The number of rotatable bonds is 10. The van der Waals surface area contributed by atoms with Crippen molar-refractivity contribution in [1.82, 2.24) is 4.90 Å². The number of aliphatic hydroxyl groups excluding tert-OH is 1. The number of benzene rings is 3. The minimum atomic E-state index is -0.213. The summed E-state index contributed by atoms with van der Waals surface area (Å²) in [6, 6.07) is 22.4. The van der Waals surface area contributed by atoms with Crippen molar-refractivity contribution in [3.05, 3.63) is 107 Å². The van der Waals surface area contributed by atoms with E-state index in [1.54, 1.807) is 43.4 Å². The summed E-state index contributed by atoms with van der Waals surface area (Å²) in [5.74, 6) is 0.507. The molecule has 1 aliphatic rings. The first kappa shape index (κ1) is 28.1. The molecule has 7 nitrogen and oxygen atoms in total. The van der Waals surface area contributed by atoms with Gasteiger partial charge in [-0.1, -0.05) is 55.5 Å². The van der Waals surface area contributed by atoms with Crippen LogP contribution in [-0.4, -0.2) is 48.7 Å². The highest BCUT2D eigenvalue weighted by molar-refractivity contribution is 6.04. The summed E-state index contributed by atoms with van der Waals surface area (Å²) >= 11 is 0. The molecule has 1 aliphatic heterocycles. The fourth-order valence-corrected chi connectivity index (χ4v) is 5.00. The Morgan fingerprint density at radius 1 is 1.03 bits per heavy atom. The van der Waals surface area contributed by atoms with Gasteiger partial charge in [-0.2, -0.15) is 0 Å². The molecule has 3 aromatic rings. The van der Waals surface area contributed by atoms with Crippen molar-refractivity contribution in [1.29, 1.82) is 0 Å². The normalized spacial score (nSPS) is 16.4. The van der Waals surface area contributed by atoms with Crippen molar-refractivity contribution in [2.45, 2.75) is 38.5 Å². The number of anilines is 1. The van der Waals surface area contributed by atoms with Gasteiger partial charge in [0.05, 0.1) is 25.9 Å². The van der Waals surface area contributed by atoms with E-state index in [1.807, 2.05) is 61.5 Å². The molecular formula is C32H36N2O5. The zero-order valence-corrected chi connectivity index (χ0v) is 22.7. The van der Waals surface area contributed by atoms with Gasteiger partial charge in [0.15, 0.2) is 0 Å². The number of nitrogens with one attached hydrogen (secondary N) is 1. The number of ether oxygens (including phenoxy) is 2. The lowest BCUT2D eigenvalue weighted by Gasteiger charge is -2.36. The second-order valence-electron chi connectivity index (χ2n) is 9.78. The van der Waals surface area contributed by atoms with Crippen LogP contribution in [0.15, 0.2) is 84.9 Å². The third-order valence-corrected chi connectivity index (χ3v) is 7.20. The second-order valence-corrected chi connectivity index (χ2v) is 9.78. The number of carbonyl (C=O) groups excluding carboxylic acids is 2. The third kappa shape index (κ3) is 6.93. The van der Waals surface area contributed by atoms with Crippen molar-refractivity contribution >= 4 is 17.5 Å². The highest BCUT2D eigenvalue weighted by Gasteiger charge is 2.28. The highest BCUT2D eigenvalue weighted by atomic mass is 16.5. The Morgan fingerprint density at radius 2 is 1.72 bits per heavy atom. The summed E-state index contributed by atoms with van der Waals surface area (Å²) in [6.45, 7) is 2.51. The third-order valence-electron chi connectivity index (χ3n) is 7.20. The fourth-order valence-electron chi connectivity index (χ4n) is 5.00. The van der Waals surface area contributed by atoms with E-state index in [4.69, 9.17) is 9.47 Å². The van der Waals surface area contributed by atoms with Crippen LogP contribution in [-0.2, 0) is 22.5 Å². The highest BCUT2D eigenvalue weighted by Crippen LogP contribution is 2.28. The summed E-state index contributed by atoms with van der Waals surface area (Å²) in [5, 5.41) is 12.8. The van der Waals surface area contributed by atoms with Crippen LogP contribution < -0.4 is 10.1 Å². The maximum atomic E-state index is 13.0. The van der Waals surface area contributed by atoms with Gasteiger partial charge in [0, 0.05) is 37.2 Å². The number of methoxy groups -OCH3 is 2. The molecule has 39 heavy (non-hydrogen) atoms. The van der Waals surface area contributed by atoms with Gasteiger partial charge >= 0.3 is 0 Å². The Balaban J connectivity index is 1.34. The Bertz CT molecular complexity index is 1290. The van der Waals surface area contributed by atoms with Gasteiger partial charge in [0.25, 0.3) is 5.91 Å². The van der Waals surface area contributed by atoms with Crippen molar-refractivity contribution < 1.29 is 24.2 Å². The number of fused-ring (bicyclic) bond motifs is 1. The van der Waals surface area contributed by atoms with E-state index in [0.717, 1.165) is 11.1 Å². The van der Waals surface area contributed by atoms with Crippen molar-refractivity contribution in [2.75, 3.05) is 26.1 Å². The molecule has 0 bridgehead atoms. The van der Waals surface area contributed by atoms with Crippen LogP contribution in [0.1, 0.15) is 46.5 Å². The summed E-state index contributed by atoms with van der Waals surface area (Å²) < 4.78 is 10.9. The standard InChI is InChI=1S/C32H36N2O5/c1-22(7-6-10-30(36)34-20-26-9-5-4-8-25(26)19-28(34)21-35)31(39-3)23-11-15-27(16-12-23)33-32(37)24-13-17-29(38-2)18-14-24/h4-9,11-18,22,28,31,35H,10,19-21H2,1-3H3,(H,33,37)/b7-6+/t22-,28-,31+/m0/s1. The van der Waals surface area contributed by atoms with Gasteiger partial charge < -0.3 is 24.8 Å². The smallest absolute Gasteiger partial charge is 0.255 e. The number of hydrogen-bond acceptors (Lipinski definition) is 5. The zero-order valence-electron chi connectivity index (χ0n) is 22.7. The molecule has 0 aromatic heterocycles. The number of carbonyl (C=O) groups is 2. The summed E-state index contributed by atoms with van der Waals surface area (Å²) in [7, 11) is 3.25. The predicted octanol–water partition coefficient (Wildman–Crippen LogP) is 5.16. The molecule has 0 aliphatic carbocycles. The van der Waals surface area contributed by atoms with Crippen LogP contribution in [0.5, 0.6) is 5.75 Å². The number of nitrogens with zero attached hydrogens (tertiary/aromatic N) is 1. The average Bonchev–Trinajstić information content (AvgIpc) is 2.97. The maximum absolute atomic E-state index is 13.0. The molecule has 0 spiro atoms. The SMILES string of the molecule is COc1ccc(C(=O)Nc2ccc([C@H](OC)[C@@H](C)/C=C/CC(=O)N3Cc4ccccc4C[C@H]3CO)cc2)cc1. The monoisotopic (exact) mass is 528 g/mol. The molecular weight excluding hydrogens is 492 g/mol. The molecule has 1 heterocycles. The van der Waals surface area contributed by atoms with E-state index >= 15 is 0 Å². The Morgan fingerprint density at radius 3 is 2.36 bits per heavy atom. The van der Waals surface area contributed by atoms with E-state index in [9.17, 15) is 14.7 Å². The van der Waals surface area contributed by atoms with Gasteiger partial charge in [-0.25, -0.2) is 0 Å². The van der Waals surface area contributed by atoms with E-state index in [2.05, 4.69) is 11.4 Å². The largest absolute Gasteiger partial charge is 0.497 e. The molecule has 2 N–H and O–H groups in total. The predicted molar refractivity (Wildman–Crippen MR) is 152 cm³/mol. The van der Waals surface area contributed by atoms with Crippen molar-refractivity contribution in [2.24, 2.45) is 5.92 Å². The molecule has 0 fully saturated rings. The quantitative estimate of drug-likeness (QED) is 0.355. The molecule has 2 amide bonds. The van der Waals surface area contributed by atoms with Gasteiger partial charge in [0.1, 0.15) is 5.75 Å². The van der Waals surface area contributed by atoms with Crippen molar-refractivity contribution in [3.8, 4) is 5.75 Å². The maximum Gasteiger partial charge on any atom is 0.255 e. The van der Waals surface area contributed by atoms with Crippen LogP contribution in [0.4, 0.5) is 5.69 Å².